The van der Waals surface area contributed by atoms with Gasteiger partial charge in [0.1, 0.15) is 0 Å². The Morgan fingerprint density at radius 1 is 1.23 bits per heavy atom. The minimum atomic E-state index is -5.08. The highest BCUT2D eigenvalue weighted by Gasteiger charge is 2.42. The van der Waals surface area contributed by atoms with Gasteiger partial charge in [0.25, 0.3) is 0 Å². The molecule has 0 spiro atoms. The predicted molar refractivity (Wildman–Crippen MR) is 87.5 cm³/mol. The highest BCUT2D eigenvalue weighted by Crippen LogP contribution is 2.38. The SMILES string of the molecule is CN(C)C(=O)C[C@@H]1OC[C@H]2CN(CC3CC3)CC[C@H]21.O=C(O)C(F)(F)F. The molecule has 9 heteroatoms. The summed E-state index contributed by atoms with van der Waals surface area (Å²) in [5.74, 6) is -0.310. The van der Waals surface area contributed by atoms with Crippen molar-refractivity contribution in [3.63, 3.8) is 0 Å². The van der Waals surface area contributed by atoms with Crippen LogP contribution in [0.4, 0.5) is 13.2 Å². The zero-order chi connectivity index (χ0) is 19.5. The van der Waals surface area contributed by atoms with Crippen molar-refractivity contribution >= 4 is 11.9 Å². The summed E-state index contributed by atoms with van der Waals surface area (Å²) >= 11 is 0. The molecule has 6 nitrogen and oxygen atoms in total. The van der Waals surface area contributed by atoms with E-state index in [-0.39, 0.29) is 12.0 Å². The van der Waals surface area contributed by atoms with Gasteiger partial charge in [-0.1, -0.05) is 0 Å². The second kappa shape index (κ2) is 8.56. The van der Waals surface area contributed by atoms with Gasteiger partial charge in [0.2, 0.25) is 5.91 Å². The number of piperidine rings is 1. The molecule has 2 aliphatic heterocycles. The molecule has 0 aromatic rings. The van der Waals surface area contributed by atoms with Gasteiger partial charge in [0.05, 0.1) is 19.1 Å². The van der Waals surface area contributed by atoms with E-state index in [1.165, 1.54) is 38.9 Å². The molecule has 0 aromatic carbocycles. The molecule has 0 radical (unpaired) electrons. The third-order valence-corrected chi connectivity index (χ3v) is 5.21. The quantitative estimate of drug-likeness (QED) is 0.806. The monoisotopic (exact) mass is 380 g/mol. The van der Waals surface area contributed by atoms with Crippen LogP contribution in [0.15, 0.2) is 0 Å². The van der Waals surface area contributed by atoms with Gasteiger partial charge in [-0.25, -0.2) is 4.79 Å². The first-order valence-electron chi connectivity index (χ1n) is 8.92. The number of likely N-dealkylation sites (tertiary alicyclic amines) is 1. The number of nitrogens with zero attached hydrogens (tertiary/aromatic N) is 2. The number of alkyl halides is 3. The first-order chi connectivity index (χ1) is 12.1. The van der Waals surface area contributed by atoms with Crippen LogP contribution in [-0.4, -0.2) is 79.4 Å². The number of hydrogen-bond donors (Lipinski definition) is 1. The van der Waals surface area contributed by atoms with Gasteiger partial charge in [-0.3, -0.25) is 4.79 Å². The van der Waals surface area contributed by atoms with E-state index >= 15 is 0 Å². The summed E-state index contributed by atoms with van der Waals surface area (Å²) in [5, 5.41) is 7.12. The first kappa shape index (κ1) is 21.0. The summed E-state index contributed by atoms with van der Waals surface area (Å²) in [4.78, 5) is 25.0. The van der Waals surface area contributed by atoms with Crippen molar-refractivity contribution in [2.24, 2.45) is 17.8 Å². The molecular formula is C17H27F3N2O4. The fraction of sp³-hybridized carbons (Fsp3) is 0.882. The number of aliphatic carboxylic acids is 1. The lowest BCUT2D eigenvalue weighted by molar-refractivity contribution is -0.192. The van der Waals surface area contributed by atoms with Crippen molar-refractivity contribution in [3.8, 4) is 0 Å². The lowest BCUT2D eigenvalue weighted by atomic mass is 9.83. The van der Waals surface area contributed by atoms with Crippen LogP contribution in [0.3, 0.4) is 0 Å². The maximum absolute atomic E-state index is 11.8. The van der Waals surface area contributed by atoms with Crippen LogP contribution in [0.5, 0.6) is 0 Å². The smallest absolute Gasteiger partial charge is 0.475 e. The van der Waals surface area contributed by atoms with E-state index in [2.05, 4.69) is 4.90 Å². The molecule has 1 aliphatic carbocycles. The molecule has 0 unspecified atom stereocenters. The third kappa shape index (κ3) is 6.12. The summed E-state index contributed by atoms with van der Waals surface area (Å²) in [7, 11) is 3.65. The topological polar surface area (TPSA) is 70.1 Å². The molecular weight excluding hydrogens is 353 g/mol. The number of rotatable bonds is 4. The Morgan fingerprint density at radius 2 is 1.85 bits per heavy atom. The molecule has 26 heavy (non-hydrogen) atoms. The van der Waals surface area contributed by atoms with E-state index in [1.54, 1.807) is 4.90 Å². The number of carbonyl (C=O) groups is 2. The molecule has 0 aromatic heterocycles. The molecule has 150 valence electrons. The Hall–Kier alpha value is -1.35. The molecule has 3 aliphatic rings. The van der Waals surface area contributed by atoms with Gasteiger partial charge >= 0.3 is 12.1 Å². The van der Waals surface area contributed by atoms with Crippen molar-refractivity contribution in [2.75, 3.05) is 40.3 Å². The van der Waals surface area contributed by atoms with E-state index in [4.69, 9.17) is 14.6 Å². The summed E-state index contributed by atoms with van der Waals surface area (Å²) in [6.07, 6.45) is -0.273. The standard InChI is InChI=1S/C15H26N2O2.C2HF3O2/c1-16(2)15(18)7-14-13-5-6-17(8-11-3-4-11)9-12(13)10-19-14;3-2(4,5)1(6)7/h11-14H,3-10H2,1-2H3;(H,6,7)/t12-,13-,14+;/m1./s1. The average molecular weight is 380 g/mol. The zero-order valence-corrected chi connectivity index (χ0v) is 15.2. The fourth-order valence-electron chi connectivity index (χ4n) is 3.56. The Kier molecular flexibility index (Phi) is 6.90. The molecule has 3 fully saturated rings. The normalized spacial score (nSPS) is 28.7. The highest BCUT2D eigenvalue weighted by atomic mass is 19.4. The number of carbonyl (C=O) groups excluding carboxylic acids is 1. The molecule has 3 atom stereocenters. The molecule has 0 bridgehead atoms. The summed E-state index contributed by atoms with van der Waals surface area (Å²) in [5.41, 5.74) is 0. The lowest BCUT2D eigenvalue weighted by Gasteiger charge is -2.35. The summed E-state index contributed by atoms with van der Waals surface area (Å²) in [6.45, 7) is 4.54. The summed E-state index contributed by atoms with van der Waals surface area (Å²) in [6, 6.07) is 0. The predicted octanol–water partition coefficient (Wildman–Crippen LogP) is 1.84. The Labute approximate surface area is 151 Å². The van der Waals surface area contributed by atoms with E-state index in [0.29, 0.717) is 18.3 Å². The van der Waals surface area contributed by atoms with E-state index in [0.717, 1.165) is 12.5 Å². The molecule has 2 heterocycles. The number of halogens is 3. The largest absolute Gasteiger partial charge is 0.490 e. The van der Waals surface area contributed by atoms with Crippen LogP contribution in [0.1, 0.15) is 25.7 Å². The van der Waals surface area contributed by atoms with Gasteiger partial charge in [-0.2, -0.15) is 13.2 Å². The van der Waals surface area contributed by atoms with Crippen molar-refractivity contribution < 1.29 is 32.6 Å². The maximum Gasteiger partial charge on any atom is 0.490 e. The first-order valence-corrected chi connectivity index (χ1v) is 8.92. The second-order valence-corrected chi connectivity index (χ2v) is 7.58. The molecule has 1 amide bonds. The highest BCUT2D eigenvalue weighted by molar-refractivity contribution is 5.76. The van der Waals surface area contributed by atoms with Gasteiger partial charge in [0, 0.05) is 33.1 Å². The van der Waals surface area contributed by atoms with Gasteiger partial charge in [-0.15, -0.1) is 0 Å². The number of ether oxygens (including phenoxy) is 1. The molecule has 1 saturated carbocycles. The minimum Gasteiger partial charge on any atom is -0.475 e. The lowest BCUT2D eigenvalue weighted by Crippen LogP contribution is -2.43. The average Bonchev–Trinajstić information content (AvgIpc) is 3.27. The fourth-order valence-corrected chi connectivity index (χ4v) is 3.56. The van der Waals surface area contributed by atoms with Gasteiger partial charge in [-0.05, 0) is 37.6 Å². The van der Waals surface area contributed by atoms with Gasteiger partial charge < -0.3 is 19.6 Å². The number of hydrogen-bond acceptors (Lipinski definition) is 4. The van der Waals surface area contributed by atoms with Crippen LogP contribution in [0.2, 0.25) is 0 Å². The van der Waals surface area contributed by atoms with Gasteiger partial charge in [0.15, 0.2) is 0 Å². The van der Waals surface area contributed by atoms with E-state index in [1.807, 2.05) is 14.1 Å². The maximum atomic E-state index is 11.8. The van der Waals surface area contributed by atoms with E-state index < -0.39 is 12.1 Å². The summed E-state index contributed by atoms with van der Waals surface area (Å²) < 4.78 is 37.7. The molecule has 2 saturated heterocycles. The number of carboxylic acids is 1. The Bertz CT molecular complexity index is 509. The Balaban J connectivity index is 0.000000298. The van der Waals surface area contributed by atoms with Crippen LogP contribution in [0, 0.1) is 17.8 Å². The van der Waals surface area contributed by atoms with Crippen LogP contribution < -0.4 is 0 Å². The van der Waals surface area contributed by atoms with Crippen molar-refractivity contribution in [1.82, 2.24) is 9.80 Å². The van der Waals surface area contributed by atoms with Crippen LogP contribution in [0.25, 0.3) is 0 Å². The van der Waals surface area contributed by atoms with Crippen molar-refractivity contribution in [3.05, 3.63) is 0 Å². The zero-order valence-electron chi connectivity index (χ0n) is 15.2. The number of amides is 1. The Morgan fingerprint density at radius 3 is 2.35 bits per heavy atom. The molecule has 3 rings (SSSR count). The third-order valence-electron chi connectivity index (χ3n) is 5.21. The minimum absolute atomic E-state index is 0.169. The van der Waals surface area contributed by atoms with Crippen molar-refractivity contribution in [1.29, 1.82) is 0 Å². The second-order valence-electron chi connectivity index (χ2n) is 7.58. The number of carboxylic acid groups (broad SMARTS) is 1. The molecule has 1 N–H and O–H groups in total. The van der Waals surface area contributed by atoms with Crippen LogP contribution in [-0.2, 0) is 14.3 Å². The van der Waals surface area contributed by atoms with E-state index in [9.17, 15) is 18.0 Å². The van der Waals surface area contributed by atoms with Crippen LogP contribution >= 0.6 is 0 Å². The number of fused-ring (bicyclic) bond motifs is 1. The van der Waals surface area contributed by atoms with Crippen molar-refractivity contribution in [2.45, 2.75) is 38.0 Å².